The van der Waals surface area contributed by atoms with Gasteiger partial charge in [-0.25, -0.2) is 8.42 Å². The van der Waals surface area contributed by atoms with Gasteiger partial charge in [0, 0.05) is 12.3 Å². The SMILES string of the molecule is C=C(C)CC(NCC)C(C)(C)S(C)(=O)=O. The minimum atomic E-state index is -3.07. The molecule has 0 heterocycles. The van der Waals surface area contributed by atoms with Crippen LogP contribution in [0.5, 0.6) is 0 Å². The van der Waals surface area contributed by atoms with Crippen molar-refractivity contribution in [1.82, 2.24) is 5.32 Å². The van der Waals surface area contributed by atoms with E-state index in [9.17, 15) is 8.42 Å². The van der Waals surface area contributed by atoms with Crippen LogP contribution in [0.25, 0.3) is 0 Å². The summed E-state index contributed by atoms with van der Waals surface area (Å²) in [6.07, 6.45) is 1.98. The van der Waals surface area contributed by atoms with E-state index >= 15 is 0 Å². The Morgan fingerprint density at radius 1 is 1.47 bits per heavy atom. The number of nitrogens with one attached hydrogen (secondary N) is 1. The predicted octanol–water partition coefficient (Wildman–Crippen LogP) is 1.75. The Bertz CT molecular complexity index is 317. The molecule has 0 bridgehead atoms. The molecule has 0 fully saturated rings. The molecular weight excluding hydrogens is 210 g/mol. The lowest BCUT2D eigenvalue weighted by atomic mass is 9.96. The third kappa shape index (κ3) is 3.95. The molecule has 1 N–H and O–H groups in total. The zero-order valence-corrected chi connectivity index (χ0v) is 11.2. The van der Waals surface area contributed by atoms with Gasteiger partial charge < -0.3 is 5.32 Å². The summed E-state index contributed by atoms with van der Waals surface area (Å²) < 4.78 is 22.6. The third-order valence-electron chi connectivity index (χ3n) is 2.80. The highest BCUT2D eigenvalue weighted by Crippen LogP contribution is 2.24. The molecule has 0 radical (unpaired) electrons. The normalized spacial score (nSPS) is 15.0. The van der Waals surface area contributed by atoms with E-state index in [0.29, 0.717) is 6.42 Å². The van der Waals surface area contributed by atoms with Crippen molar-refractivity contribution < 1.29 is 8.42 Å². The Morgan fingerprint density at radius 2 is 1.93 bits per heavy atom. The van der Waals surface area contributed by atoms with Gasteiger partial charge in [0.25, 0.3) is 0 Å². The van der Waals surface area contributed by atoms with Crippen molar-refractivity contribution in [3.63, 3.8) is 0 Å². The Kier molecular flexibility index (Phi) is 5.00. The molecule has 0 amide bonds. The van der Waals surface area contributed by atoms with E-state index in [0.717, 1.165) is 12.1 Å². The molecular formula is C11H23NO2S. The molecule has 0 saturated heterocycles. The molecule has 0 aliphatic carbocycles. The summed E-state index contributed by atoms with van der Waals surface area (Å²) in [5.74, 6) is 0. The molecule has 0 aliphatic heterocycles. The largest absolute Gasteiger partial charge is 0.312 e. The van der Waals surface area contributed by atoms with Gasteiger partial charge in [0.1, 0.15) is 0 Å². The van der Waals surface area contributed by atoms with E-state index in [1.165, 1.54) is 6.26 Å². The van der Waals surface area contributed by atoms with Crippen LogP contribution in [0.4, 0.5) is 0 Å². The summed E-state index contributed by atoms with van der Waals surface area (Å²) in [6, 6.07) is -0.0741. The Hall–Kier alpha value is -0.350. The highest BCUT2D eigenvalue weighted by atomic mass is 32.2. The molecule has 1 atom stereocenters. The van der Waals surface area contributed by atoms with Crippen LogP contribution in [0.15, 0.2) is 12.2 Å². The van der Waals surface area contributed by atoms with Crippen molar-refractivity contribution in [3.05, 3.63) is 12.2 Å². The molecule has 0 saturated carbocycles. The molecule has 0 aromatic carbocycles. The maximum Gasteiger partial charge on any atom is 0.154 e. The smallest absolute Gasteiger partial charge is 0.154 e. The summed E-state index contributed by atoms with van der Waals surface area (Å²) in [7, 11) is -3.07. The summed E-state index contributed by atoms with van der Waals surface area (Å²) in [6.45, 7) is 12.0. The predicted molar refractivity (Wildman–Crippen MR) is 65.8 cm³/mol. The Balaban J connectivity index is 4.98. The van der Waals surface area contributed by atoms with Crippen LogP contribution in [0, 0.1) is 0 Å². The van der Waals surface area contributed by atoms with Crippen molar-refractivity contribution in [1.29, 1.82) is 0 Å². The minimum absolute atomic E-state index is 0.0741. The van der Waals surface area contributed by atoms with E-state index in [1.54, 1.807) is 13.8 Å². The van der Waals surface area contributed by atoms with Crippen molar-refractivity contribution in [3.8, 4) is 0 Å². The van der Waals surface area contributed by atoms with E-state index in [4.69, 9.17) is 0 Å². The van der Waals surface area contributed by atoms with E-state index in [2.05, 4.69) is 11.9 Å². The van der Waals surface area contributed by atoms with Crippen molar-refractivity contribution in [2.75, 3.05) is 12.8 Å². The maximum absolute atomic E-state index is 11.7. The average molecular weight is 233 g/mol. The third-order valence-corrected chi connectivity index (χ3v) is 4.99. The molecule has 3 nitrogen and oxygen atoms in total. The van der Waals surface area contributed by atoms with Crippen LogP contribution in [0.2, 0.25) is 0 Å². The average Bonchev–Trinajstić information content (AvgIpc) is 2.00. The van der Waals surface area contributed by atoms with Gasteiger partial charge in [0.05, 0.1) is 4.75 Å². The van der Waals surface area contributed by atoms with Gasteiger partial charge in [-0.2, -0.15) is 0 Å². The number of rotatable bonds is 6. The Labute approximate surface area is 93.9 Å². The lowest BCUT2D eigenvalue weighted by Crippen LogP contribution is -2.51. The summed E-state index contributed by atoms with van der Waals surface area (Å²) in [4.78, 5) is 0. The molecule has 4 heteroatoms. The summed E-state index contributed by atoms with van der Waals surface area (Å²) in [5, 5.41) is 3.22. The minimum Gasteiger partial charge on any atom is -0.312 e. The van der Waals surface area contributed by atoms with E-state index in [-0.39, 0.29) is 6.04 Å². The number of hydrogen-bond donors (Lipinski definition) is 1. The second-order valence-corrected chi connectivity index (χ2v) is 7.24. The first-order chi connectivity index (χ1) is 6.63. The molecule has 0 aliphatic rings. The van der Waals surface area contributed by atoms with E-state index in [1.807, 2.05) is 13.8 Å². The molecule has 0 spiro atoms. The van der Waals surface area contributed by atoms with Gasteiger partial charge in [-0.3, -0.25) is 0 Å². The molecule has 1 unspecified atom stereocenters. The first-order valence-electron chi connectivity index (χ1n) is 5.20. The molecule has 0 rings (SSSR count). The van der Waals surface area contributed by atoms with Crippen LogP contribution in [0.1, 0.15) is 34.1 Å². The first-order valence-corrected chi connectivity index (χ1v) is 7.09. The highest BCUT2D eigenvalue weighted by Gasteiger charge is 2.38. The lowest BCUT2D eigenvalue weighted by Gasteiger charge is -2.33. The molecule has 15 heavy (non-hydrogen) atoms. The van der Waals surface area contributed by atoms with E-state index < -0.39 is 14.6 Å². The van der Waals surface area contributed by atoms with Gasteiger partial charge >= 0.3 is 0 Å². The van der Waals surface area contributed by atoms with Crippen LogP contribution < -0.4 is 5.32 Å². The van der Waals surface area contributed by atoms with Gasteiger partial charge in [-0.1, -0.05) is 12.5 Å². The van der Waals surface area contributed by atoms with Crippen LogP contribution in [-0.4, -0.2) is 32.0 Å². The second kappa shape index (κ2) is 5.12. The fourth-order valence-electron chi connectivity index (χ4n) is 1.42. The second-order valence-electron chi connectivity index (χ2n) is 4.65. The zero-order valence-electron chi connectivity index (χ0n) is 10.4. The van der Waals surface area contributed by atoms with Crippen molar-refractivity contribution in [2.45, 2.75) is 44.9 Å². The van der Waals surface area contributed by atoms with Crippen molar-refractivity contribution >= 4 is 9.84 Å². The monoisotopic (exact) mass is 233 g/mol. The number of sulfone groups is 1. The topological polar surface area (TPSA) is 46.2 Å². The molecule has 0 aromatic heterocycles. The fraction of sp³-hybridized carbons (Fsp3) is 0.818. The summed E-state index contributed by atoms with van der Waals surface area (Å²) in [5.41, 5.74) is 0.998. The number of hydrogen-bond acceptors (Lipinski definition) is 3. The maximum atomic E-state index is 11.7. The first kappa shape index (κ1) is 14.6. The zero-order chi connectivity index (χ0) is 12.3. The lowest BCUT2D eigenvalue weighted by molar-refractivity contribution is 0.413. The van der Waals surface area contributed by atoms with Gasteiger partial charge in [0.15, 0.2) is 9.84 Å². The fourth-order valence-corrected chi connectivity index (χ4v) is 2.10. The van der Waals surface area contributed by atoms with Crippen LogP contribution >= 0.6 is 0 Å². The highest BCUT2D eigenvalue weighted by molar-refractivity contribution is 7.92. The van der Waals surface area contributed by atoms with Crippen molar-refractivity contribution in [2.24, 2.45) is 0 Å². The molecule has 0 aromatic rings. The van der Waals surface area contributed by atoms with Crippen LogP contribution in [0.3, 0.4) is 0 Å². The van der Waals surface area contributed by atoms with Gasteiger partial charge in [-0.05, 0) is 33.7 Å². The van der Waals surface area contributed by atoms with Gasteiger partial charge in [0.2, 0.25) is 0 Å². The standard InChI is InChI=1S/C11H23NO2S/c1-7-12-10(8-9(2)3)11(4,5)15(6,13)14/h10,12H,2,7-8H2,1,3-6H3. The molecule has 90 valence electrons. The van der Waals surface area contributed by atoms with Gasteiger partial charge in [-0.15, -0.1) is 6.58 Å². The quantitative estimate of drug-likeness (QED) is 0.711. The van der Waals surface area contributed by atoms with Crippen LogP contribution in [-0.2, 0) is 9.84 Å². The Morgan fingerprint density at radius 3 is 2.20 bits per heavy atom. The summed E-state index contributed by atoms with van der Waals surface area (Å²) >= 11 is 0.